The van der Waals surface area contributed by atoms with E-state index in [1.807, 2.05) is 15.7 Å². The first-order valence-corrected chi connectivity index (χ1v) is 23.1. The van der Waals surface area contributed by atoms with Crippen molar-refractivity contribution in [3.63, 3.8) is 0 Å². The summed E-state index contributed by atoms with van der Waals surface area (Å²) in [6.45, 7) is 12.3. The number of Topliss-reactive ketones (excluding diaryl/α,β-unsaturated/α-hetero) is 1. The molecule has 6 atom stereocenters. The zero-order valence-corrected chi connectivity index (χ0v) is 36.7. The van der Waals surface area contributed by atoms with Crippen molar-refractivity contribution in [2.45, 2.75) is 109 Å². The second-order valence-corrected chi connectivity index (χ2v) is 20.0. The smallest absolute Gasteiger partial charge is 0.413 e. The maximum absolute atomic E-state index is 15.9. The fourth-order valence-corrected chi connectivity index (χ4v) is 11.4. The van der Waals surface area contributed by atoms with Crippen LogP contribution in [0.2, 0.25) is 0 Å². The third-order valence-corrected chi connectivity index (χ3v) is 16.4. The molecule has 1 aromatic heterocycles. The van der Waals surface area contributed by atoms with Crippen LogP contribution in [0.3, 0.4) is 0 Å². The van der Waals surface area contributed by atoms with E-state index in [9.17, 15) is 29.1 Å². The monoisotopic (exact) mass is 854 g/mol. The molecule has 330 valence electrons. The number of morpholine rings is 1. The molecule has 0 radical (unpaired) electrons. The lowest BCUT2D eigenvalue weighted by Crippen LogP contribution is -2.50. The van der Waals surface area contributed by atoms with Crippen LogP contribution in [0, 0.1) is 34.4 Å². The van der Waals surface area contributed by atoms with Gasteiger partial charge in [-0.25, -0.2) is 14.0 Å². The fourth-order valence-electron chi connectivity index (χ4n) is 10.7. The molecule has 15 heteroatoms. The summed E-state index contributed by atoms with van der Waals surface area (Å²) >= 11 is 1.66. The van der Waals surface area contributed by atoms with E-state index in [2.05, 4.69) is 31.0 Å². The number of ketones is 1. The van der Waals surface area contributed by atoms with E-state index >= 15 is 4.39 Å². The van der Waals surface area contributed by atoms with Crippen LogP contribution in [-0.4, -0.2) is 115 Å². The molecule has 3 heterocycles. The minimum absolute atomic E-state index is 0.0499. The van der Waals surface area contributed by atoms with Gasteiger partial charge in [0.05, 0.1) is 37.1 Å². The third-order valence-electron chi connectivity index (χ3n) is 15.0. The van der Waals surface area contributed by atoms with Gasteiger partial charge in [-0.2, -0.15) is 11.8 Å². The molecule has 2 aromatic rings. The number of benzene rings is 1. The summed E-state index contributed by atoms with van der Waals surface area (Å²) in [5.74, 6) is -1.96. The van der Waals surface area contributed by atoms with Gasteiger partial charge in [0.1, 0.15) is 23.8 Å². The molecule has 2 bridgehead atoms. The number of alkyl carbamates (subject to hydrolysis) is 1. The molecule has 5 fully saturated rings. The van der Waals surface area contributed by atoms with E-state index < -0.39 is 41.2 Å². The maximum Gasteiger partial charge on any atom is 0.413 e. The highest BCUT2D eigenvalue weighted by molar-refractivity contribution is 8.00. The number of piperidine rings is 1. The number of thioether (sulfide) groups is 1. The number of nitrogens with zero attached hydrogens (tertiary/aromatic N) is 3. The number of pyridine rings is 1. The lowest BCUT2D eigenvalue weighted by molar-refractivity contribution is -0.125. The number of ether oxygens (including phenoxy) is 3. The SMILES string of the molecule is CS[C@]1(C)CC[C@@]2(COC(=O)NC(=O)C3CCN(c4cc5c(cc4F)c(=O)c(C(=O)OCCN4CCOCC4)cn5C4CC4)CC3)CC(CCC(C)=O)(C[C@H]2C)[C@@H](C)[C@@H]1O. The number of amides is 2. The first-order chi connectivity index (χ1) is 28.6. The van der Waals surface area contributed by atoms with Gasteiger partial charge in [0.2, 0.25) is 11.3 Å². The van der Waals surface area contributed by atoms with Gasteiger partial charge >= 0.3 is 12.1 Å². The van der Waals surface area contributed by atoms with Crippen molar-refractivity contribution < 1.29 is 42.9 Å². The molecule has 2 N–H and O–H groups in total. The number of aliphatic hydroxyl groups excluding tert-OH is 1. The normalized spacial score (nSPS) is 30.1. The number of carbonyl (C=O) groups excluding carboxylic acids is 4. The Morgan fingerprint density at radius 2 is 1.73 bits per heavy atom. The maximum atomic E-state index is 15.9. The van der Waals surface area contributed by atoms with Crippen LogP contribution in [-0.2, 0) is 23.8 Å². The summed E-state index contributed by atoms with van der Waals surface area (Å²) in [5.41, 5.74) is -0.435. The van der Waals surface area contributed by atoms with Crippen LogP contribution >= 0.6 is 11.8 Å². The number of esters is 1. The number of rotatable bonds is 13. The van der Waals surface area contributed by atoms with Crippen molar-refractivity contribution in [2.24, 2.45) is 28.6 Å². The highest BCUT2D eigenvalue weighted by atomic mass is 32.2. The van der Waals surface area contributed by atoms with Gasteiger partial charge in [-0.1, -0.05) is 13.8 Å². The van der Waals surface area contributed by atoms with Gasteiger partial charge in [0.15, 0.2) is 0 Å². The van der Waals surface area contributed by atoms with Crippen molar-refractivity contribution in [3.05, 3.63) is 39.9 Å². The minimum atomic E-state index is -0.785. The third kappa shape index (κ3) is 9.15. The average molecular weight is 855 g/mol. The summed E-state index contributed by atoms with van der Waals surface area (Å²) in [7, 11) is 0. The number of hydrogen-bond acceptors (Lipinski definition) is 12. The van der Waals surface area contributed by atoms with Gasteiger partial charge < -0.3 is 33.6 Å². The summed E-state index contributed by atoms with van der Waals surface area (Å²) in [5, 5.41) is 14.2. The number of halogens is 1. The quantitative estimate of drug-likeness (QED) is 0.223. The number of carbonyl (C=O) groups is 4. The number of hydrogen-bond donors (Lipinski definition) is 2. The molecule has 2 aliphatic heterocycles. The summed E-state index contributed by atoms with van der Waals surface area (Å²) in [6, 6.07) is 2.97. The molecule has 5 aliphatic rings. The largest absolute Gasteiger partial charge is 0.461 e. The van der Waals surface area contributed by atoms with Crippen molar-refractivity contribution in [1.29, 1.82) is 0 Å². The number of anilines is 1. The Kier molecular flexibility index (Phi) is 13.4. The Bertz CT molecular complexity index is 2010. The van der Waals surface area contributed by atoms with Crippen LogP contribution in [0.1, 0.15) is 108 Å². The predicted octanol–water partition coefficient (Wildman–Crippen LogP) is 6.12. The molecule has 3 aliphatic carbocycles. The van der Waals surface area contributed by atoms with Crippen LogP contribution in [0.25, 0.3) is 10.9 Å². The molecule has 1 aromatic carbocycles. The Balaban J connectivity index is 0.973. The molecule has 7 rings (SSSR count). The lowest BCUT2D eigenvalue weighted by Gasteiger charge is -2.49. The predicted molar refractivity (Wildman–Crippen MR) is 228 cm³/mol. The van der Waals surface area contributed by atoms with E-state index in [1.54, 1.807) is 30.9 Å². The van der Waals surface area contributed by atoms with Gasteiger partial charge in [0, 0.05) is 72.8 Å². The van der Waals surface area contributed by atoms with Gasteiger partial charge in [-0.3, -0.25) is 19.8 Å². The van der Waals surface area contributed by atoms with Crippen LogP contribution in [0.5, 0.6) is 0 Å². The molecular weight excluding hydrogens is 792 g/mol. The highest BCUT2D eigenvalue weighted by Crippen LogP contribution is 2.64. The second-order valence-electron chi connectivity index (χ2n) is 18.7. The summed E-state index contributed by atoms with van der Waals surface area (Å²) in [6.07, 6.45) is 8.95. The first kappa shape index (κ1) is 44.5. The Morgan fingerprint density at radius 3 is 2.40 bits per heavy atom. The van der Waals surface area contributed by atoms with Crippen molar-refractivity contribution in [2.75, 3.05) is 70.3 Å². The average Bonchev–Trinajstić information content (AvgIpc) is 4.04. The number of aromatic nitrogens is 1. The van der Waals surface area contributed by atoms with Gasteiger partial charge in [-0.15, -0.1) is 0 Å². The van der Waals surface area contributed by atoms with Gasteiger partial charge in [0.25, 0.3) is 0 Å². The zero-order valence-electron chi connectivity index (χ0n) is 35.9. The van der Waals surface area contributed by atoms with Crippen molar-refractivity contribution in [3.8, 4) is 0 Å². The van der Waals surface area contributed by atoms with E-state index in [-0.39, 0.29) is 63.4 Å². The van der Waals surface area contributed by atoms with Gasteiger partial charge in [-0.05, 0) is 107 Å². The van der Waals surface area contributed by atoms with E-state index in [1.165, 1.54) is 6.07 Å². The molecule has 2 amide bonds. The van der Waals surface area contributed by atoms with Crippen LogP contribution < -0.4 is 15.6 Å². The minimum Gasteiger partial charge on any atom is -0.461 e. The fraction of sp³-hybridized carbons (Fsp3) is 0.711. The number of imide groups is 1. The standard InChI is InChI=1S/C45H63FN4O9S/c1-28-24-44(11-8-29(2)51)26-45(28,13-12-43(4,60-5)39(53)30(44)3)27-59-42(56)47-40(54)31-9-14-49(15-10-31)37-23-36-33(22-35(37)46)38(52)34(25-50(36)32-6-7-32)41(55)58-21-18-48-16-19-57-20-17-48/h22-23,25,28,30-32,39,53H,6-21,24,26-27H2,1-5H3,(H,47,54,56)/t28-,30+,39+,43-,44?,45+/m1/s1. The van der Waals surface area contributed by atoms with Crippen molar-refractivity contribution >= 4 is 52.1 Å². The molecule has 3 saturated carbocycles. The van der Waals surface area contributed by atoms with Crippen molar-refractivity contribution in [1.82, 2.24) is 14.8 Å². The summed E-state index contributed by atoms with van der Waals surface area (Å²) < 4.78 is 34.2. The molecule has 60 heavy (non-hydrogen) atoms. The Morgan fingerprint density at radius 1 is 1.02 bits per heavy atom. The van der Waals surface area contributed by atoms with Crippen LogP contribution in [0.4, 0.5) is 14.9 Å². The van der Waals surface area contributed by atoms with Crippen LogP contribution in [0.15, 0.2) is 23.1 Å². The van der Waals surface area contributed by atoms with E-state index in [4.69, 9.17) is 14.2 Å². The number of aliphatic hydroxyl groups is 1. The molecule has 1 unspecified atom stereocenters. The Labute approximate surface area is 356 Å². The highest BCUT2D eigenvalue weighted by Gasteiger charge is 2.60. The number of fused-ring (bicyclic) bond motifs is 3. The zero-order chi connectivity index (χ0) is 43.0. The molecular formula is C45H63FN4O9S. The van der Waals surface area contributed by atoms with E-state index in [0.717, 1.165) is 51.6 Å². The second kappa shape index (κ2) is 18.1. The lowest BCUT2D eigenvalue weighted by atomic mass is 9.62. The summed E-state index contributed by atoms with van der Waals surface area (Å²) in [4.78, 5) is 69.5. The topological polar surface area (TPSA) is 157 Å². The first-order valence-electron chi connectivity index (χ1n) is 21.9. The molecule has 0 spiro atoms. The van der Waals surface area contributed by atoms with E-state index in [0.29, 0.717) is 69.7 Å². The Hall–Kier alpha value is -3.53. The molecule has 2 saturated heterocycles. The number of nitrogens with one attached hydrogen (secondary N) is 1. The molecule has 13 nitrogen and oxygen atoms in total.